The van der Waals surface area contributed by atoms with Crippen LogP contribution in [0.25, 0.3) is 0 Å². The van der Waals surface area contributed by atoms with Crippen LogP contribution in [0.5, 0.6) is 0 Å². The molecule has 2 aliphatic rings. The SMILES string of the molecule is CC1(C)OC2OC(C(OC(=O)c3ccccc3)OC(=O)c3ccccc3)C(OC(=O)c3ccccc3)C2O1. The van der Waals surface area contributed by atoms with Gasteiger partial charge in [0, 0.05) is 0 Å². The van der Waals surface area contributed by atoms with Crippen LogP contribution in [0.3, 0.4) is 0 Å². The van der Waals surface area contributed by atoms with E-state index >= 15 is 0 Å². The molecule has 4 unspecified atom stereocenters. The lowest BCUT2D eigenvalue weighted by atomic mass is 10.1. The highest BCUT2D eigenvalue weighted by molar-refractivity contribution is 5.91. The maximum atomic E-state index is 13.0. The molecular weight excluding hydrogens is 492 g/mol. The van der Waals surface area contributed by atoms with Gasteiger partial charge in [-0.05, 0) is 50.2 Å². The molecule has 0 radical (unpaired) electrons. The highest BCUT2D eigenvalue weighted by Crippen LogP contribution is 2.41. The Kier molecular flexibility index (Phi) is 7.24. The Balaban J connectivity index is 1.45. The monoisotopic (exact) mass is 518 g/mol. The first-order chi connectivity index (χ1) is 18.3. The van der Waals surface area contributed by atoms with Crippen LogP contribution in [0.15, 0.2) is 91.0 Å². The first-order valence-electron chi connectivity index (χ1n) is 12.1. The van der Waals surface area contributed by atoms with E-state index in [1.165, 1.54) is 0 Å². The number of benzene rings is 3. The molecule has 0 aromatic heterocycles. The van der Waals surface area contributed by atoms with Gasteiger partial charge >= 0.3 is 17.9 Å². The fourth-order valence-corrected chi connectivity index (χ4v) is 4.28. The molecule has 0 spiro atoms. The minimum absolute atomic E-state index is 0.234. The van der Waals surface area contributed by atoms with Crippen LogP contribution in [-0.2, 0) is 28.4 Å². The van der Waals surface area contributed by atoms with E-state index in [4.69, 9.17) is 28.4 Å². The number of ether oxygens (including phenoxy) is 6. The highest BCUT2D eigenvalue weighted by Gasteiger charge is 2.60. The zero-order chi connectivity index (χ0) is 26.7. The molecule has 9 heteroatoms. The molecule has 9 nitrogen and oxygen atoms in total. The minimum Gasteiger partial charge on any atom is -0.453 e. The summed E-state index contributed by atoms with van der Waals surface area (Å²) in [6.07, 6.45) is -5.79. The van der Waals surface area contributed by atoms with Gasteiger partial charge in [-0.2, -0.15) is 0 Å². The van der Waals surface area contributed by atoms with E-state index in [1.807, 2.05) is 0 Å². The van der Waals surface area contributed by atoms with Crippen LogP contribution < -0.4 is 0 Å². The molecule has 0 bridgehead atoms. The molecule has 2 fully saturated rings. The van der Waals surface area contributed by atoms with Crippen molar-refractivity contribution in [1.29, 1.82) is 0 Å². The lowest BCUT2D eigenvalue weighted by molar-refractivity contribution is -0.246. The number of fused-ring (bicyclic) bond motifs is 1. The van der Waals surface area contributed by atoms with Gasteiger partial charge in [0.2, 0.25) is 0 Å². The van der Waals surface area contributed by atoms with Gasteiger partial charge in [-0.3, -0.25) is 0 Å². The molecule has 4 atom stereocenters. The first kappa shape index (κ1) is 25.6. The lowest BCUT2D eigenvalue weighted by Gasteiger charge is -2.30. The predicted molar refractivity (Wildman–Crippen MR) is 132 cm³/mol. The summed E-state index contributed by atoms with van der Waals surface area (Å²) in [4.78, 5) is 39.0. The second kappa shape index (κ2) is 10.7. The number of hydrogen-bond acceptors (Lipinski definition) is 9. The van der Waals surface area contributed by atoms with Crippen LogP contribution in [0.1, 0.15) is 44.9 Å². The number of esters is 3. The van der Waals surface area contributed by atoms with Crippen molar-refractivity contribution in [2.75, 3.05) is 0 Å². The fraction of sp³-hybridized carbons (Fsp3) is 0.276. The van der Waals surface area contributed by atoms with Gasteiger partial charge in [-0.25, -0.2) is 14.4 Å². The molecular formula is C29H26O9. The summed E-state index contributed by atoms with van der Waals surface area (Å²) in [6.45, 7) is 3.39. The first-order valence-corrected chi connectivity index (χ1v) is 12.1. The number of carbonyl (C=O) groups excluding carboxylic acids is 3. The van der Waals surface area contributed by atoms with E-state index in [1.54, 1.807) is 105 Å². The summed E-state index contributed by atoms with van der Waals surface area (Å²) in [6, 6.07) is 24.8. The summed E-state index contributed by atoms with van der Waals surface area (Å²) < 4.78 is 34.9. The standard InChI is InChI=1S/C29H26O9/c1-29(2)37-23-21(33-24(30)18-12-6-3-7-13-18)22(34-28(23)38-29)27(35-25(31)19-14-8-4-9-15-19)36-26(32)20-16-10-5-11-17-20/h3-17,21-23,27-28H,1-2H3. The Hall–Kier alpha value is -4.05. The summed E-state index contributed by atoms with van der Waals surface area (Å²) in [5, 5.41) is 0. The zero-order valence-corrected chi connectivity index (χ0v) is 20.7. The van der Waals surface area contributed by atoms with E-state index in [-0.39, 0.29) is 11.1 Å². The van der Waals surface area contributed by atoms with Crippen molar-refractivity contribution in [3.63, 3.8) is 0 Å². The van der Waals surface area contributed by atoms with Crippen molar-refractivity contribution in [2.45, 2.75) is 50.5 Å². The largest absolute Gasteiger partial charge is 0.453 e. The molecule has 0 amide bonds. The van der Waals surface area contributed by atoms with Crippen LogP contribution >= 0.6 is 0 Å². The van der Waals surface area contributed by atoms with Crippen LogP contribution in [0, 0.1) is 0 Å². The Morgan fingerprint density at radius 3 is 1.61 bits per heavy atom. The van der Waals surface area contributed by atoms with Crippen LogP contribution in [-0.4, -0.2) is 54.6 Å². The molecule has 196 valence electrons. The topological polar surface area (TPSA) is 107 Å². The number of rotatable bonds is 7. The normalized spacial score (nSPS) is 23.4. The van der Waals surface area contributed by atoms with Crippen molar-refractivity contribution in [3.8, 4) is 0 Å². The lowest BCUT2D eigenvalue weighted by Crippen LogP contribution is -2.47. The molecule has 0 saturated carbocycles. The smallest absolute Gasteiger partial charge is 0.341 e. The molecule has 38 heavy (non-hydrogen) atoms. The van der Waals surface area contributed by atoms with E-state index in [0.29, 0.717) is 5.56 Å². The van der Waals surface area contributed by atoms with Gasteiger partial charge < -0.3 is 28.4 Å². The van der Waals surface area contributed by atoms with Crippen molar-refractivity contribution >= 4 is 17.9 Å². The number of carbonyl (C=O) groups is 3. The van der Waals surface area contributed by atoms with Gasteiger partial charge in [0.15, 0.2) is 30.4 Å². The highest BCUT2D eigenvalue weighted by atomic mass is 16.9. The summed E-state index contributed by atoms with van der Waals surface area (Å²) in [5.74, 6) is -3.19. The van der Waals surface area contributed by atoms with Gasteiger partial charge in [0.05, 0.1) is 16.7 Å². The van der Waals surface area contributed by atoms with Gasteiger partial charge in [-0.1, -0.05) is 54.6 Å². The van der Waals surface area contributed by atoms with E-state index in [2.05, 4.69) is 0 Å². The molecule has 2 heterocycles. The Morgan fingerprint density at radius 1 is 0.684 bits per heavy atom. The van der Waals surface area contributed by atoms with Crippen molar-refractivity contribution < 1.29 is 42.8 Å². The average Bonchev–Trinajstić information content (AvgIpc) is 3.41. The van der Waals surface area contributed by atoms with Gasteiger partial charge in [0.1, 0.15) is 0 Å². The summed E-state index contributed by atoms with van der Waals surface area (Å²) in [5.41, 5.74) is 0.766. The molecule has 0 N–H and O–H groups in total. The third-order valence-electron chi connectivity index (χ3n) is 6.01. The van der Waals surface area contributed by atoms with Gasteiger partial charge in [-0.15, -0.1) is 0 Å². The van der Waals surface area contributed by atoms with E-state index < -0.39 is 54.6 Å². The van der Waals surface area contributed by atoms with Crippen LogP contribution in [0.4, 0.5) is 0 Å². The summed E-state index contributed by atoms with van der Waals surface area (Å²) in [7, 11) is 0. The molecule has 5 rings (SSSR count). The van der Waals surface area contributed by atoms with E-state index in [0.717, 1.165) is 0 Å². The van der Waals surface area contributed by atoms with Crippen molar-refractivity contribution in [2.24, 2.45) is 0 Å². The second-order valence-electron chi connectivity index (χ2n) is 9.22. The minimum atomic E-state index is -1.59. The average molecular weight is 519 g/mol. The fourth-order valence-electron chi connectivity index (χ4n) is 4.28. The van der Waals surface area contributed by atoms with Gasteiger partial charge in [0.25, 0.3) is 6.29 Å². The molecule has 2 aliphatic heterocycles. The maximum Gasteiger partial charge on any atom is 0.341 e. The van der Waals surface area contributed by atoms with Crippen molar-refractivity contribution in [1.82, 2.24) is 0 Å². The molecule has 3 aromatic carbocycles. The van der Waals surface area contributed by atoms with E-state index in [9.17, 15) is 14.4 Å². The third-order valence-corrected chi connectivity index (χ3v) is 6.01. The predicted octanol–water partition coefficient (Wildman–Crippen LogP) is 4.13. The Labute approximate surface area is 219 Å². The summed E-state index contributed by atoms with van der Waals surface area (Å²) >= 11 is 0. The van der Waals surface area contributed by atoms with Crippen molar-refractivity contribution in [3.05, 3.63) is 108 Å². The quantitative estimate of drug-likeness (QED) is 0.337. The maximum absolute atomic E-state index is 13.0. The number of hydrogen-bond donors (Lipinski definition) is 0. The zero-order valence-electron chi connectivity index (χ0n) is 20.7. The second-order valence-corrected chi connectivity index (χ2v) is 9.22. The molecule has 2 saturated heterocycles. The Morgan fingerprint density at radius 2 is 1.13 bits per heavy atom. The van der Waals surface area contributed by atoms with Crippen LogP contribution in [0.2, 0.25) is 0 Å². The molecule has 0 aliphatic carbocycles. The Bertz CT molecular complexity index is 1220. The third kappa shape index (κ3) is 5.60. The molecule has 3 aromatic rings.